The molecule has 0 aromatic heterocycles. The average Bonchev–Trinajstić information content (AvgIpc) is 2.98. The van der Waals surface area contributed by atoms with E-state index in [1.807, 2.05) is 48.5 Å². The van der Waals surface area contributed by atoms with Crippen LogP contribution in [-0.2, 0) is 19.1 Å². The summed E-state index contributed by atoms with van der Waals surface area (Å²) in [5, 5.41) is 2.37. The number of esters is 1. The summed E-state index contributed by atoms with van der Waals surface area (Å²) in [5.41, 5.74) is 3.76. The van der Waals surface area contributed by atoms with Crippen LogP contribution >= 0.6 is 0 Å². The van der Waals surface area contributed by atoms with Crippen LogP contribution in [0.3, 0.4) is 0 Å². The molecule has 1 radical (unpaired) electrons. The van der Waals surface area contributed by atoms with Gasteiger partial charge in [-0.05, 0) is 43.0 Å². The van der Waals surface area contributed by atoms with Crippen molar-refractivity contribution in [3.05, 3.63) is 59.7 Å². The minimum atomic E-state index is -1.12. The van der Waals surface area contributed by atoms with Crippen LogP contribution in [0.15, 0.2) is 48.5 Å². The lowest BCUT2D eigenvalue weighted by atomic mass is 9.98. The Labute approximate surface area is 170 Å². The Morgan fingerprint density at radius 2 is 1.59 bits per heavy atom. The number of carbonyl (C=O) groups excluding carboxylic acids is 3. The lowest BCUT2D eigenvalue weighted by Crippen LogP contribution is -2.39. The molecule has 0 bridgehead atoms. The first-order chi connectivity index (χ1) is 13.8. The molecule has 151 valence electrons. The number of benzene rings is 2. The molecule has 1 aliphatic carbocycles. The zero-order valence-electron chi connectivity index (χ0n) is 16.7. The molecule has 0 unspecified atom stereocenters. The fraction of sp³-hybridized carbons (Fsp3) is 0.348. The number of fused-ring (bicyclic) bond motifs is 3. The molecule has 2 aromatic carbocycles. The minimum Gasteiger partial charge on any atom is -0.460 e. The normalized spacial score (nSPS) is 13.8. The highest BCUT2D eigenvalue weighted by Crippen LogP contribution is 2.44. The Morgan fingerprint density at radius 1 is 1.03 bits per heavy atom. The van der Waals surface area contributed by atoms with Crippen molar-refractivity contribution >= 4 is 18.3 Å². The van der Waals surface area contributed by atoms with Gasteiger partial charge in [0, 0.05) is 5.92 Å². The monoisotopic (exact) mass is 394 g/mol. The quantitative estimate of drug-likeness (QED) is 0.755. The third kappa shape index (κ3) is 5.02. The van der Waals surface area contributed by atoms with E-state index in [1.165, 1.54) is 0 Å². The average molecular weight is 394 g/mol. The van der Waals surface area contributed by atoms with Crippen LogP contribution in [0, 0.1) is 0 Å². The van der Waals surface area contributed by atoms with Crippen LogP contribution < -0.4 is 5.32 Å². The molecule has 0 saturated carbocycles. The molecule has 29 heavy (non-hydrogen) atoms. The highest BCUT2D eigenvalue weighted by Gasteiger charge is 2.29. The number of nitrogens with one attached hydrogen (secondary N) is 1. The van der Waals surface area contributed by atoms with E-state index in [9.17, 15) is 14.4 Å². The second-order valence-corrected chi connectivity index (χ2v) is 7.93. The lowest BCUT2D eigenvalue weighted by molar-refractivity contribution is -0.154. The Hall–Kier alpha value is -3.15. The van der Waals surface area contributed by atoms with Crippen LogP contribution in [0.2, 0.25) is 0 Å². The number of hydrogen-bond acceptors (Lipinski definition) is 5. The van der Waals surface area contributed by atoms with E-state index in [4.69, 9.17) is 9.47 Å². The first kappa shape index (κ1) is 20.6. The molecule has 3 rings (SSSR count). The van der Waals surface area contributed by atoms with Gasteiger partial charge in [0.15, 0.2) is 0 Å². The van der Waals surface area contributed by atoms with Crippen LogP contribution in [0.5, 0.6) is 0 Å². The SMILES string of the molecule is CC(C)(C)OC(=O)C[C@@H]([C]=O)NC(=O)OCC1c2ccccc2-c2ccccc21. The van der Waals surface area contributed by atoms with Gasteiger partial charge in [-0.15, -0.1) is 0 Å². The van der Waals surface area contributed by atoms with Crippen molar-refractivity contribution < 1.29 is 23.9 Å². The van der Waals surface area contributed by atoms with E-state index in [0.29, 0.717) is 0 Å². The molecule has 0 heterocycles. The predicted molar refractivity (Wildman–Crippen MR) is 108 cm³/mol. The number of amides is 1. The molecule has 2 aromatic rings. The van der Waals surface area contributed by atoms with Crippen molar-refractivity contribution in [1.82, 2.24) is 5.32 Å². The third-order valence-corrected chi connectivity index (χ3v) is 4.57. The number of ether oxygens (including phenoxy) is 2. The second kappa shape index (κ2) is 8.47. The number of carbonyl (C=O) groups is 2. The lowest BCUT2D eigenvalue weighted by Gasteiger charge is -2.21. The third-order valence-electron chi connectivity index (χ3n) is 4.57. The molecule has 0 spiro atoms. The van der Waals surface area contributed by atoms with Gasteiger partial charge in [0.1, 0.15) is 18.2 Å². The molecule has 0 aliphatic heterocycles. The minimum absolute atomic E-state index is 0.0855. The van der Waals surface area contributed by atoms with Crippen molar-refractivity contribution in [1.29, 1.82) is 0 Å². The maximum Gasteiger partial charge on any atom is 0.407 e. The summed E-state index contributed by atoms with van der Waals surface area (Å²) in [4.78, 5) is 35.2. The van der Waals surface area contributed by atoms with E-state index in [2.05, 4.69) is 5.32 Å². The first-order valence-corrected chi connectivity index (χ1v) is 9.49. The van der Waals surface area contributed by atoms with Gasteiger partial charge in [0.25, 0.3) is 0 Å². The van der Waals surface area contributed by atoms with Gasteiger partial charge in [-0.2, -0.15) is 0 Å². The standard InChI is InChI=1S/C23H24NO5/c1-23(2,3)29-21(26)12-15(13-25)24-22(27)28-14-20-18-10-6-4-8-16(18)17-9-5-7-11-19(17)20/h4-11,15,20H,12,14H2,1-3H3,(H,24,27)/t15-/m0/s1. The summed E-state index contributed by atoms with van der Waals surface area (Å²) in [7, 11) is 0. The van der Waals surface area contributed by atoms with Crippen LogP contribution in [-0.4, -0.2) is 36.6 Å². The van der Waals surface area contributed by atoms with Crippen molar-refractivity contribution in [3.63, 3.8) is 0 Å². The molecular formula is C23H24NO5. The molecule has 1 aliphatic rings. The summed E-state index contributed by atoms with van der Waals surface area (Å²) in [6, 6.07) is 14.9. The van der Waals surface area contributed by atoms with Gasteiger partial charge >= 0.3 is 12.1 Å². The molecular weight excluding hydrogens is 370 g/mol. The molecule has 6 heteroatoms. The molecule has 1 N–H and O–H groups in total. The zero-order valence-corrected chi connectivity index (χ0v) is 16.7. The summed E-state index contributed by atoms with van der Waals surface area (Å²) < 4.78 is 10.5. The van der Waals surface area contributed by atoms with E-state index < -0.39 is 23.7 Å². The topological polar surface area (TPSA) is 81.7 Å². The Kier molecular flexibility index (Phi) is 6.01. The van der Waals surface area contributed by atoms with E-state index in [1.54, 1.807) is 27.1 Å². The largest absolute Gasteiger partial charge is 0.460 e. The van der Waals surface area contributed by atoms with Crippen LogP contribution in [0.1, 0.15) is 44.2 Å². The number of hydrogen-bond donors (Lipinski definition) is 1. The zero-order chi connectivity index (χ0) is 21.0. The van der Waals surface area contributed by atoms with Gasteiger partial charge in [0.05, 0.1) is 6.42 Å². The number of alkyl carbamates (subject to hydrolysis) is 1. The molecule has 0 fully saturated rings. The van der Waals surface area contributed by atoms with E-state index >= 15 is 0 Å². The van der Waals surface area contributed by atoms with Crippen molar-refractivity contribution in [3.8, 4) is 11.1 Å². The summed E-state index contributed by atoms with van der Waals surface area (Å²) in [6.07, 6.45) is 0.571. The van der Waals surface area contributed by atoms with Crippen molar-refractivity contribution in [2.24, 2.45) is 0 Å². The maximum atomic E-state index is 12.2. The summed E-state index contributed by atoms with van der Waals surface area (Å²) in [6.45, 7) is 5.30. The van der Waals surface area contributed by atoms with Crippen LogP contribution in [0.4, 0.5) is 4.79 Å². The van der Waals surface area contributed by atoms with E-state index in [-0.39, 0.29) is 18.9 Å². The Bertz CT molecular complexity index is 870. The van der Waals surface area contributed by atoms with Gasteiger partial charge in [-0.1, -0.05) is 48.5 Å². The highest BCUT2D eigenvalue weighted by atomic mass is 16.6. The molecule has 0 saturated heterocycles. The van der Waals surface area contributed by atoms with Crippen molar-refractivity contribution in [2.45, 2.75) is 44.8 Å². The fourth-order valence-electron chi connectivity index (χ4n) is 3.45. The van der Waals surface area contributed by atoms with E-state index in [0.717, 1.165) is 22.3 Å². The van der Waals surface area contributed by atoms with Gasteiger partial charge < -0.3 is 14.8 Å². The predicted octanol–water partition coefficient (Wildman–Crippen LogP) is 3.74. The second-order valence-electron chi connectivity index (χ2n) is 7.93. The molecule has 6 nitrogen and oxygen atoms in total. The summed E-state index contributed by atoms with van der Waals surface area (Å²) >= 11 is 0. The smallest absolute Gasteiger partial charge is 0.407 e. The Morgan fingerprint density at radius 3 is 2.10 bits per heavy atom. The van der Waals surface area contributed by atoms with Crippen molar-refractivity contribution in [2.75, 3.05) is 6.61 Å². The fourth-order valence-corrected chi connectivity index (χ4v) is 3.45. The number of rotatable bonds is 6. The molecule has 1 amide bonds. The Balaban J connectivity index is 1.61. The van der Waals surface area contributed by atoms with Gasteiger partial charge in [-0.25, -0.2) is 4.79 Å². The molecule has 1 atom stereocenters. The maximum absolute atomic E-state index is 12.2. The van der Waals surface area contributed by atoms with Gasteiger partial charge in [-0.3, -0.25) is 9.59 Å². The summed E-state index contributed by atoms with van der Waals surface area (Å²) in [5.74, 6) is -0.678. The van der Waals surface area contributed by atoms with Gasteiger partial charge in [0.2, 0.25) is 6.29 Å². The first-order valence-electron chi connectivity index (χ1n) is 9.49. The highest BCUT2D eigenvalue weighted by molar-refractivity contribution is 5.81. The van der Waals surface area contributed by atoms with Crippen LogP contribution in [0.25, 0.3) is 11.1 Å².